The first-order valence-corrected chi connectivity index (χ1v) is 13.9. The summed E-state index contributed by atoms with van der Waals surface area (Å²) in [4.78, 5) is 22.4. The van der Waals surface area contributed by atoms with Crippen LogP contribution in [0.25, 0.3) is 10.4 Å². The molecule has 0 unspecified atom stereocenters. The van der Waals surface area contributed by atoms with Crippen molar-refractivity contribution in [2.75, 3.05) is 26.3 Å². The molecule has 0 saturated carbocycles. The van der Waals surface area contributed by atoms with Crippen LogP contribution < -0.4 is 10.2 Å². The molecule has 2 atom stereocenters. The number of nitrogens with one attached hydrogen (secondary N) is 1. The van der Waals surface area contributed by atoms with Crippen LogP contribution >= 0.6 is 0 Å². The Hall–Kier alpha value is -4.37. The highest BCUT2D eigenvalue weighted by Gasteiger charge is 2.54. The molecular weight excluding hydrogens is 520 g/mol. The van der Waals surface area contributed by atoms with E-state index in [1.165, 1.54) is 0 Å². The van der Waals surface area contributed by atoms with Crippen LogP contribution in [0, 0.1) is 0 Å². The second-order valence-electron chi connectivity index (χ2n) is 10.2. The molecule has 2 aliphatic heterocycles. The molecule has 3 aromatic rings. The quantitative estimate of drug-likeness (QED) is 0.142. The van der Waals surface area contributed by atoms with E-state index in [1.807, 2.05) is 83.9 Å². The maximum Gasteiger partial charge on any atom is 0.266 e. The molecule has 1 amide bonds. The van der Waals surface area contributed by atoms with E-state index in [4.69, 9.17) is 25.1 Å². The van der Waals surface area contributed by atoms with Crippen LogP contribution in [0.1, 0.15) is 47.6 Å². The third-order valence-corrected chi connectivity index (χ3v) is 7.38. The number of hydrogen-bond acceptors (Lipinski definition) is 7. The third-order valence-electron chi connectivity index (χ3n) is 7.38. The topological polar surface area (TPSA) is 132 Å². The molecule has 2 aliphatic rings. The SMILES string of the molecule is [N-]=[N+]=NCc1ccccc1C[C@]1(C(=O)NN2CCCC2)N=C(c2ccc(OCCCO)cc2)O[C@H]1c1ccccc1. The number of azide groups is 1. The molecule has 5 rings (SSSR count). The zero-order valence-electron chi connectivity index (χ0n) is 22.9. The lowest BCUT2D eigenvalue weighted by molar-refractivity contribution is -0.133. The number of aliphatic hydroxyl groups is 1. The molecule has 0 aliphatic carbocycles. The Bertz CT molecular complexity index is 1400. The van der Waals surface area contributed by atoms with Crippen LogP contribution in [0.3, 0.4) is 0 Å². The first-order chi connectivity index (χ1) is 20.1. The monoisotopic (exact) mass is 554 g/mol. The normalized spacial score (nSPS) is 20.1. The van der Waals surface area contributed by atoms with Gasteiger partial charge in [0, 0.05) is 43.0 Å². The van der Waals surface area contributed by atoms with Crippen molar-refractivity contribution < 1.29 is 19.4 Å². The molecule has 1 fully saturated rings. The lowest BCUT2D eigenvalue weighted by Crippen LogP contribution is -2.54. The average Bonchev–Trinajstić information content (AvgIpc) is 3.66. The van der Waals surface area contributed by atoms with Crippen LogP contribution in [0.4, 0.5) is 0 Å². The zero-order valence-corrected chi connectivity index (χ0v) is 22.9. The minimum absolute atomic E-state index is 0.0666. The Morgan fingerprint density at radius 2 is 1.78 bits per heavy atom. The van der Waals surface area contributed by atoms with Crippen molar-refractivity contribution in [2.24, 2.45) is 10.1 Å². The number of aliphatic imine (C=N–C) groups is 1. The molecule has 2 N–H and O–H groups in total. The Labute approximate surface area is 239 Å². The fourth-order valence-corrected chi connectivity index (χ4v) is 5.26. The van der Waals surface area contributed by atoms with Gasteiger partial charge in [0.05, 0.1) is 13.2 Å². The molecular formula is C31H34N6O4. The van der Waals surface area contributed by atoms with Crippen molar-refractivity contribution in [1.82, 2.24) is 10.4 Å². The Morgan fingerprint density at radius 3 is 2.49 bits per heavy atom. The molecule has 10 heteroatoms. The smallest absolute Gasteiger partial charge is 0.266 e. The highest BCUT2D eigenvalue weighted by Crippen LogP contribution is 2.43. The first kappa shape index (κ1) is 28.2. The molecule has 10 nitrogen and oxygen atoms in total. The van der Waals surface area contributed by atoms with Gasteiger partial charge in [-0.3, -0.25) is 10.2 Å². The highest BCUT2D eigenvalue weighted by molar-refractivity contribution is 6.01. The summed E-state index contributed by atoms with van der Waals surface area (Å²) < 4.78 is 12.3. The maximum atomic E-state index is 14.4. The standard InChI is InChI=1S/C31H34N6O4/c32-36-33-22-26-12-5-4-11-25(26)21-31(30(39)35-37-17-6-7-18-37)28(23-9-2-1-3-10-23)41-29(34-31)24-13-15-27(16-14-24)40-20-8-19-38/h1-5,9-16,28,38H,6-8,17-22H2,(H,35,39)/t28-,31-/m0/s1. The van der Waals surface area contributed by atoms with Crippen molar-refractivity contribution in [3.8, 4) is 5.75 Å². The van der Waals surface area contributed by atoms with Crippen LogP contribution in [0.15, 0.2) is 89.0 Å². The van der Waals surface area contributed by atoms with Crippen molar-refractivity contribution in [2.45, 2.75) is 43.9 Å². The Balaban J connectivity index is 1.57. The lowest BCUT2D eigenvalue weighted by Gasteiger charge is -2.33. The van der Waals surface area contributed by atoms with Crippen LogP contribution in [-0.2, 0) is 22.5 Å². The molecule has 0 bridgehead atoms. The number of aliphatic hydroxyl groups excluding tert-OH is 1. The van der Waals surface area contributed by atoms with Crippen LogP contribution in [0.2, 0.25) is 0 Å². The van der Waals surface area contributed by atoms with Gasteiger partial charge in [0.1, 0.15) is 5.75 Å². The molecule has 1 saturated heterocycles. The van der Waals surface area contributed by atoms with Gasteiger partial charge in [-0.25, -0.2) is 10.0 Å². The van der Waals surface area contributed by atoms with Crippen molar-refractivity contribution in [1.29, 1.82) is 0 Å². The van der Waals surface area contributed by atoms with E-state index in [0.717, 1.165) is 48.2 Å². The first-order valence-electron chi connectivity index (χ1n) is 13.9. The van der Waals surface area contributed by atoms with Gasteiger partial charge >= 0.3 is 0 Å². The Morgan fingerprint density at radius 1 is 1.07 bits per heavy atom. The summed E-state index contributed by atoms with van der Waals surface area (Å²) in [7, 11) is 0. The van der Waals surface area contributed by atoms with E-state index in [0.29, 0.717) is 24.7 Å². The zero-order chi connectivity index (χ0) is 28.5. The number of rotatable bonds is 12. The summed E-state index contributed by atoms with van der Waals surface area (Å²) in [6.45, 7) is 2.21. The van der Waals surface area contributed by atoms with Crippen LogP contribution in [-0.4, -0.2) is 53.8 Å². The number of carbonyl (C=O) groups excluding carboxylic acids is 1. The number of carbonyl (C=O) groups is 1. The van der Waals surface area contributed by atoms with Gasteiger partial charge in [0.2, 0.25) is 5.90 Å². The minimum atomic E-state index is -1.33. The number of nitrogens with zero attached hydrogens (tertiary/aromatic N) is 5. The Kier molecular flexibility index (Phi) is 9.15. The summed E-state index contributed by atoms with van der Waals surface area (Å²) >= 11 is 0. The second kappa shape index (κ2) is 13.3. The predicted molar refractivity (Wildman–Crippen MR) is 155 cm³/mol. The van der Waals surface area contributed by atoms with E-state index in [-0.39, 0.29) is 25.5 Å². The number of hydrazine groups is 1. The summed E-state index contributed by atoms with van der Waals surface area (Å²) in [5, 5.41) is 14.8. The molecule has 41 heavy (non-hydrogen) atoms. The van der Waals surface area contributed by atoms with Gasteiger partial charge in [-0.05, 0) is 59.3 Å². The summed E-state index contributed by atoms with van der Waals surface area (Å²) in [5.74, 6) is 0.793. The maximum absolute atomic E-state index is 14.4. The van der Waals surface area contributed by atoms with E-state index in [2.05, 4.69) is 15.5 Å². The van der Waals surface area contributed by atoms with Gasteiger partial charge in [-0.2, -0.15) is 0 Å². The summed E-state index contributed by atoms with van der Waals surface area (Å²) in [6.07, 6.45) is 2.13. The van der Waals surface area contributed by atoms with Gasteiger partial charge < -0.3 is 14.6 Å². The third kappa shape index (κ3) is 6.52. The van der Waals surface area contributed by atoms with Crippen molar-refractivity contribution in [3.05, 3.63) is 112 Å². The highest BCUT2D eigenvalue weighted by atomic mass is 16.5. The van der Waals surface area contributed by atoms with E-state index in [1.54, 1.807) is 0 Å². The largest absolute Gasteiger partial charge is 0.494 e. The molecule has 0 spiro atoms. The van der Waals surface area contributed by atoms with E-state index in [9.17, 15) is 4.79 Å². The number of ether oxygens (including phenoxy) is 2. The number of hydrogen-bond donors (Lipinski definition) is 2. The van der Waals surface area contributed by atoms with Crippen molar-refractivity contribution in [3.63, 3.8) is 0 Å². The van der Waals surface area contributed by atoms with Gasteiger partial charge in [-0.1, -0.05) is 59.7 Å². The molecule has 0 radical (unpaired) electrons. The fourth-order valence-electron chi connectivity index (χ4n) is 5.26. The fraction of sp³-hybridized carbons (Fsp3) is 0.355. The minimum Gasteiger partial charge on any atom is -0.494 e. The van der Waals surface area contributed by atoms with Gasteiger partial charge in [-0.15, -0.1) is 0 Å². The summed E-state index contributed by atoms with van der Waals surface area (Å²) in [6, 6.07) is 24.7. The lowest BCUT2D eigenvalue weighted by atomic mass is 9.81. The number of benzene rings is 3. The molecule has 2 heterocycles. The summed E-state index contributed by atoms with van der Waals surface area (Å²) in [5.41, 5.74) is 14.0. The van der Waals surface area contributed by atoms with Crippen LogP contribution in [0.5, 0.6) is 5.75 Å². The van der Waals surface area contributed by atoms with Gasteiger partial charge in [0.25, 0.3) is 5.91 Å². The van der Waals surface area contributed by atoms with Crippen molar-refractivity contribution >= 4 is 11.8 Å². The van der Waals surface area contributed by atoms with E-state index < -0.39 is 11.6 Å². The number of amides is 1. The van der Waals surface area contributed by atoms with E-state index >= 15 is 0 Å². The average molecular weight is 555 g/mol. The molecule has 212 valence electrons. The molecule has 3 aromatic carbocycles. The second-order valence-corrected chi connectivity index (χ2v) is 10.2. The molecule has 0 aromatic heterocycles. The predicted octanol–water partition coefficient (Wildman–Crippen LogP) is 4.88. The van der Waals surface area contributed by atoms with Gasteiger partial charge in [0.15, 0.2) is 11.6 Å².